The Morgan fingerprint density at radius 2 is 1.48 bits per heavy atom. The summed E-state index contributed by atoms with van der Waals surface area (Å²) in [5.74, 6) is 0.0251. The van der Waals surface area contributed by atoms with Crippen molar-refractivity contribution in [3.8, 4) is 0 Å². The summed E-state index contributed by atoms with van der Waals surface area (Å²) in [4.78, 5) is 16.9. The number of rotatable bonds is 7. The molecule has 0 spiro atoms. The summed E-state index contributed by atoms with van der Waals surface area (Å²) < 4.78 is 0. The van der Waals surface area contributed by atoms with Crippen LogP contribution in [-0.2, 0) is 0 Å². The third-order valence-electron chi connectivity index (χ3n) is 4.72. The SMILES string of the molecule is O=C(NCCCCN1CCN(c2ccccc2)CC1)c1ccccc1. The molecule has 2 aromatic rings. The van der Waals surface area contributed by atoms with Crippen LogP contribution in [0.25, 0.3) is 0 Å². The number of nitrogens with one attached hydrogen (secondary N) is 1. The highest BCUT2D eigenvalue weighted by Crippen LogP contribution is 2.15. The molecule has 3 rings (SSSR count). The van der Waals surface area contributed by atoms with Crippen molar-refractivity contribution in [2.45, 2.75) is 12.8 Å². The molecule has 2 aromatic carbocycles. The Hall–Kier alpha value is -2.33. The van der Waals surface area contributed by atoms with Crippen LogP contribution in [0.4, 0.5) is 5.69 Å². The van der Waals surface area contributed by atoms with E-state index in [0.717, 1.165) is 57.7 Å². The highest BCUT2D eigenvalue weighted by atomic mass is 16.1. The maximum absolute atomic E-state index is 12.0. The van der Waals surface area contributed by atoms with Crippen molar-refractivity contribution in [2.24, 2.45) is 0 Å². The number of para-hydroxylation sites is 1. The molecule has 0 saturated carbocycles. The topological polar surface area (TPSA) is 35.6 Å². The molecular weight excluding hydrogens is 310 g/mol. The Morgan fingerprint density at radius 3 is 2.16 bits per heavy atom. The highest BCUT2D eigenvalue weighted by molar-refractivity contribution is 5.94. The minimum absolute atomic E-state index is 0.0251. The van der Waals surface area contributed by atoms with Gasteiger partial charge in [-0.15, -0.1) is 0 Å². The van der Waals surface area contributed by atoms with Gasteiger partial charge in [0.1, 0.15) is 0 Å². The number of unbranched alkanes of at least 4 members (excludes halogenated alkanes) is 1. The van der Waals surface area contributed by atoms with Crippen molar-refractivity contribution in [3.05, 3.63) is 66.2 Å². The number of carbonyl (C=O) groups is 1. The monoisotopic (exact) mass is 337 g/mol. The molecule has 1 aliphatic rings. The summed E-state index contributed by atoms with van der Waals surface area (Å²) in [6.45, 7) is 6.28. The van der Waals surface area contributed by atoms with E-state index < -0.39 is 0 Å². The number of hydrogen-bond donors (Lipinski definition) is 1. The smallest absolute Gasteiger partial charge is 0.251 e. The Balaban J connectivity index is 1.28. The minimum Gasteiger partial charge on any atom is -0.369 e. The van der Waals surface area contributed by atoms with Gasteiger partial charge < -0.3 is 10.2 Å². The molecule has 4 heteroatoms. The molecule has 0 aliphatic carbocycles. The second-order valence-electron chi connectivity index (χ2n) is 6.49. The molecular formula is C21H27N3O. The van der Waals surface area contributed by atoms with E-state index in [0.29, 0.717) is 0 Å². The zero-order chi connectivity index (χ0) is 17.3. The van der Waals surface area contributed by atoms with Crippen molar-refractivity contribution >= 4 is 11.6 Å². The largest absolute Gasteiger partial charge is 0.369 e. The maximum atomic E-state index is 12.0. The van der Waals surface area contributed by atoms with E-state index in [1.165, 1.54) is 5.69 Å². The lowest BCUT2D eigenvalue weighted by Crippen LogP contribution is -2.46. The van der Waals surface area contributed by atoms with Crippen LogP contribution >= 0.6 is 0 Å². The number of nitrogens with zero attached hydrogens (tertiary/aromatic N) is 2. The van der Waals surface area contributed by atoms with E-state index in [1.807, 2.05) is 30.3 Å². The Morgan fingerprint density at radius 1 is 0.840 bits per heavy atom. The van der Waals surface area contributed by atoms with E-state index >= 15 is 0 Å². The summed E-state index contributed by atoms with van der Waals surface area (Å²) in [6, 6.07) is 20.1. The molecule has 1 N–H and O–H groups in total. The first kappa shape index (κ1) is 17.5. The zero-order valence-corrected chi connectivity index (χ0v) is 14.7. The van der Waals surface area contributed by atoms with Crippen molar-refractivity contribution in [1.29, 1.82) is 0 Å². The molecule has 0 radical (unpaired) electrons. The van der Waals surface area contributed by atoms with Gasteiger partial charge in [-0.2, -0.15) is 0 Å². The third kappa shape index (κ3) is 5.33. The van der Waals surface area contributed by atoms with E-state index in [2.05, 4.69) is 45.4 Å². The quantitative estimate of drug-likeness (QED) is 0.789. The van der Waals surface area contributed by atoms with Gasteiger partial charge in [0.2, 0.25) is 0 Å². The van der Waals surface area contributed by atoms with Crippen molar-refractivity contribution in [1.82, 2.24) is 10.2 Å². The summed E-state index contributed by atoms with van der Waals surface area (Å²) in [5.41, 5.74) is 2.06. The predicted molar refractivity (Wildman–Crippen MR) is 103 cm³/mol. The molecule has 25 heavy (non-hydrogen) atoms. The number of amides is 1. The molecule has 1 fully saturated rings. The van der Waals surface area contributed by atoms with Gasteiger partial charge in [-0.05, 0) is 43.7 Å². The van der Waals surface area contributed by atoms with Gasteiger partial charge in [0, 0.05) is 44.0 Å². The van der Waals surface area contributed by atoms with E-state index in [1.54, 1.807) is 0 Å². The Bertz CT molecular complexity index is 637. The molecule has 0 atom stereocenters. The molecule has 132 valence electrons. The van der Waals surface area contributed by atoms with Crippen LogP contribution in [-0.4, -0.2) is 50.1 Å². The average Bonchev–Trinajstić information content (AvgIpc) is 2.69. The molecule has 1 amide bonds. The van der Waals surface area contributed by atoms with Crippen LogP contribution in [0.2, 0.25) is 0 Å². The Labute approximate surface area is 150 Å². The first-order valence-corrected chi connectivity index (χ1v) is 9.18. The molecule has 1 heterocycles. The van der Waals surface area contributed by atoms with Crippen molar-refractivity contribution in [2.75, 3.05) is 44.2 Å². The van der Waals surface area contributed by atoms with Crippen molar-refractivity contribution < 1.29 is 4.79 Å². The summed E-state index contributed by atoms with van der Waals surface area (Å²) in [6.07, 6.45) is 2.15. The zero-order valence-electron chi connectivity index (χ0n) is 14.7. The lowest BCUT2D eigenvalue weighted by Gasteiger charge is -2.36. The lowest BCUT2D eigenvalue weighted by molar-refractivity contribution is 0.0952. The van der Waals surface area contributed by atoms with Crippen LogP contribution < -0.4 is 10.2 Å². The predicted octanol–water partition coefficient (Wildman–Crippen LogP) is 3.02. The number of benzene rings is 2. The van der Waals surface area contributed by atoms with Crippen LogP contribution in [0.3, 0.4) is 0 Å². The van der Waals surface area contributed by atoms with Gasteiger partial charge in [0.25, 0.3) is 5.91 Å². The molecule has 0 aromatic heterocycles. The van der Waals surface area contributed by atoms with Gasteiger partial charge >= 0.3 is 0 Å². The standard InChI is InChI=1S/C21H27N3O/c25-21(19-9-3-1-4-10-19)22-13-7-8-14-23-15-17-24(18-16-23)20-11-5-2-6-12-20/h1-6,9-12H,7-8,13-18H2,(H,22,25). The second-order valence-corrected chi connectivity index (χ2v) is 6.49. The van der Waals surface area contributed by atoms with Crippen LogP contribution in [0.15, 0.2) is 60.7 Å². The molecule has 1 saturated heterocycles. The summed E-state index contributed by atoms with van der Waals surface area (Å²) in [7, 11) is 0. The minimum atomic E-state index is 0.0251. The second kappa shape index (κ2) is 9.23. The number of hydrogen-bond acceptors (Lipinski definition) is 3. The van der Waals surface area contributed by atoms with Gasteiger partial charge in [-0.3, -0.25) is 9.69 Å². The Kier molecular flexibility index (Phi) is 6.46. The number of anilines is 1. The number of piperazine rings is 1. The van der Waals surface area contributed by atoms with Gasteiger partial charge in [-0.25, -0.2) is 0 Å². The first-order chi connectivity index (χ1) is 12.3. The van der Waals surface area contributed by atoms with Crippen LogP contribution in [0.5, 0.6) is 0 Å². The van der Waals surface area contributed by atoms with Gasteiger partial charge in [0.05, 0.1) is 0 Å². The van der Waals surface area contributed by atoms with E-state index in [9.17, 15) is 4.79 Å². The fourth-order valence-electron chi connectivity index (χ4n) is 3.22. The molecule has 4 nitrogen and oxygen atoms in total. The van der Waals surface area contributed by atoms with E-state index in [-0.39, 0.29) is 5.91 Å². The van der Waals surface area contributed by atoms with Crippen molar-refractivity contribution in [3.63, 3.8) is 0 Å². The van der Waals surface area contributed by atoms with E-state index in [4.69, 9.17) is 0 Å². The third-order valence-corrected chi connectivity index (χ3v) is 4.72. The summed E-state index contributed by atoms with van der Waals surface area (Å²) >= 11 is 0. The lowest BCUT2D eigenvalue weighted by atomic mass is 10.2. The summed E-state index contributed by atoms with van der Waals surface area (Å²) in [5, 5.41) is 3.00. The molecule has 1 aliphatic heterocycles. The fourth-order valence-corrected chi connectivity index (χ4v) is 3.22. The van der Waals surface area contributed by atoms with Crippen LogP contribution in [0.1, 0.15) is 23.2 Å². The first-order valence-electron chi connectivity index (χ1n) is 9.18. The average molecular weight is 337 g/mol. The molecule has 0 unspecified atom stereocenters. The normalized spacial score (nSPS) is 15.1. The maximum Gasteiger partial charge on any atom is 0.251 e. The van der Waals surface area contributed by atoms with Crippen LogP contribution in [0, 0.1) is 0 Å². The van der Waals surface area contributed by atoms with Gasteiger partial charge in [0.15, 0.2) is 0 Å². The number of carbonyl (C=O) groups excluding carboxylic acids is 1. The van der Waals surface area contributed by atoms with Gasteiger partial charge in [-0.1, -0.05) is 36.4 Å². The highest BCUT2D eigenvalue weighted by Gasteiger charge is 2.16. The fraction of sp³-hybridized carbons (Fsp3) is 0.381. The molecule has 0 bridgehead atoms.